The average molecular weight is 218 g/mol. The van der Waals surface area contributed by atoms with Gasteiger partial charge in [-0.3, -0.25) is 0 Å². The number of rotatable bonds is 3. The van der Waals surface area contributed by atoms with Gasteiger partial charge in [-0.2, -0.15) is 0 Å². The van der Waals surface area contributed by atoms with Crippen molar-refractivity contribution in [3.8, 4) is 10.6 Å². The summed E-state index contributed by atoms with van der Waals surface area (Å²) < 4.78 is 0. The predicted octanol–water partition coefficient (Wildman–Crippen LogP) is 3.63. The van der Waals surface area contributed by atoms with Gasteiger partial charge in [0.05, 0.1) is 0 Å². The summed E-state index contributed by atoms with van der Waals surface area (Å²) in [6.45, 7) is 4.27. The minimum Gasteiger partial charge on any atom is -0.383 e. The van der Waals surface area contributed by atoms with E-state index in [4.69, 9.17) is 0 Å². The van der Waals surface area contributed by atoms with Gasteiger partial charge in [-0.1, -0.05) is 0 Å². The van der Waals surface area contributed by atoms with E-state index in [1.807, 2.05) is 11.6 Å². The second kappa shape index (κ2) is 4.45. The third-order valence-corrected chi connectivity index (χ3v) is 2.84. The van der Waals surface area contributed by atoms with Crippen molar-refractivity contribution in [2.45, 2.75) is 19.9 Å². The van der Waals surface area contributed by atoms with E-state index in [1.54, 1.807) is 11.3 Å². The highest BCUT2D eigenvalue weighted by Crippen LogP contribution is 2.23. The molecule has 0 spiro atoms. The smallest absolute Gasteiger partial charge is 0.123 e. The molecule has 0 aliphatic heterocycles. The van der Waals surface area contributed by atoms with Gasteiger partial charge in [0.1, 0.15) is 5.01 Å². The van der Waals surface area contributed by atoms with Gasteiger partial charge in [0.15, 0.2) is 0 Å². The summed E-state index contributed by atoms with van der Waals surface area (Å²) in [4.78, 5) is 4.28. The lowest BCUT2D eigenvalue weighted by Crippen LogP contribution is -2.09. The molecule has 2 nitrogen and oxygen atoms in total. The van der Waals surface area contributed by atoms with Crippen LogP contribution in [-0.2, 0) is 0 Å². The first-order valence-electron chi connectivity index (χ1n) is 5.02. The number of aromatic nitrogens is 1. The number of hydrogen-bond donors (Lipinski definition) is 1. The van der Waals surface area contributed by atoms with Crippen LogP contribution in [0, 0.1) is 0 Å². The second-order valence-corrected chi connectivity index (χ2v) is 4.61. The molecule has 0 saturated heterocycles. The SMILES string of the molecule is CC(C)Nc1ccc(-c2nccs2)cc1. The lowest BCUT2D eigenvalue weighted by atomic mass is 10.2. The highest BCUT2D eigenvalue weighted by Gasteiger charge is 2.00. The Bertz CT molecular complexity index is 404. The van der Waals surface area contributed by atoms with Crippen LogP contribution in [0.3, 0.4) is 0 Å². The summed E-state index contributed by atoms with van der Waals surface area (Å²) in [5.41, 5.74) is 2.34. The van der Waals surface area contributed by atoms with Crippen LogP contribution in [0.2, 0.25) is 0 Å². The van der Waals surface area contributed by atoms with Gasteiger partial charge in [0, 0.05) is 28.9 Å². The van der Waals surface area contributed by atoms with Crippen LogP contribution < -0.4 is 5.32 Å². The molecule has 0 amide bonds. The van der Waals surface area contributed by atoms with Crippen molar-refractivity contribution in [2.24, 2.45) is 0 Å². The topological polar surface area (TPSA) is 24.9 Å². The maximum absolute atomic E-state index is 4.28. The average Bonchev–Trinajstić information content (AvgIpc) is 2.71. The van der Waals surface area contributed by atoms with Crippen molar-refractivity contribution in [1.82, 2.24) is 4.98 Å². The Morgan fingerprint density at radius 1 is 1.20 bits per heavy atom. The van der Waals surface area contributed by atoms with Crippen LogP contribution in [-0.4, -0.2) is 11.0 Å². The number of hydrogen-bond acceptors (Lipinski definition) is 3. The Hall–Kier alpha value is -1.35. The van der Waals surface area contributed by atoms with Crippen LogP contribution in [0.5, 0.6) is 0 Å². The molecule has 0 bridgehead atoms. The van der Waals surface area contributed by atoms with Gasteiger partial charge < -0.3 is 5.32 Å². The van der Waals surface area contributed by atoms with Crippen molar-refractivity contribution >= 4 is 17.0 Å². The fraction of sp³-hybridized carbons (Fsp3) is 0.250. The number of nitrogens with zero attached hydrogens (tertiary/aromatic N) is 1. The van der Waals surface area contributed by atoms with E-state index < -0.39 is 0 Å². The maximum Gasteiger partial charge on any atom is 0.123 e. The molecule has 1 aromatic carbocycles. The summed E-state index contributed by atoms with van der Waals surface area (Å²) in [7, 11) is 0. The Balaban J connectivity index is 2.17. The van der Waals surface area contributed by atoms with E-state index in [9.17, 15) is 0 Å². The molecule has 78 valence electrons. The molecule has 0 aliphatic rings. The zero-order chi connectivity index (χ0) is 10.7. The van der Waals surface area contributed by atoms with Crippen LogP contribution in [0.1, 0.15) is 13.8 Å². The molecule has 0 unspecified atom stereocenters. The zero-order valence-corrected chi connectivity index (χ0v) is 9.71. The van der Waals surface area contributed by atoms with Crippen LogP contribution in [0.25, 0.3) is 10.6 Å². The first kappa shape index (κ1) is 10.2. The molecule has 0 radical (unpaired) electrons. The molecule has 0 fully saturated rings. The van der Waals surface area contributed by atoms with Crippen molar-refractivity contribution in [2.75, 3.05) is 5.32 Å². The van der Waals surface area contributed by atoms with E-state index in [0.717, 1.165) is 10.7 Å². The van der Waals surface area contributed by atoms with Gasteiger partial charge in [0.2, 0.25) is 0 Å². The molecule has 0 atom stereocenters. The van der Waals surface area contributed by atoms with Gasteiger partial charge in [0.25, 0.3) is 0 Å². The Morgan fingerprint density at radius 2 is 1.93 bits per heavy atom. The lowest BCUT2D eigenvalue weighted by Gasteiger charge is -2.09. The van der Waals surface area contributed by atoms with Gasteiger partial charge in [-0.15, -0.1) is 11.3 Å². The number of anilines is 1. The Morgan fingerprint density at radius 3 is 2.47 bits per heavy atom. The highest BCUT2D eigenvalue weighted by molar-refractivity contribution is 7.13. The highest BCUT2D eigenvalue weighted by atomic mass is 32.1. The van der Waals surface area contributed by atoms with E-state index in [0.29, 0.717) is 6.04 Å². The molecule has 0 saturated carbocycles. The molecule has 1 heterocycles. The molecule has 0 aliphatic carbocycles. The molecule has 1 aromatic heterocycles. The third kappa shape index (κ3) is 2.57. The summed E-state index contributed by atoms with van der Waals surface area (Å²) >= 11 is 1.66. The first-order valence-corrected chi connectivity index (χ1v) is 5.90. The van der Waals surface area contributed by atoms with E-state index >= 15 is 0 Å². The van der Waals surface area contributed by atoms with Crippen LogP contribution >= 0.6 is 11.3 Å². The molecular formula is C12H14N2S. The minimum atomic E-state index is 0.468. The van der Waals surface area contributed by atoms with Crippen molar-refractivity contribution in [3.63, 3.8) is 0 Å². The van der Waals surface area contributed by atoms with Gasteiger partial charge >= 0.3 is 0 Å². The monoisotopic (exact) mass is 218 g/mol. The van der Waals surface area contributed by atoms with Crippen molar-refractivity contribution < 1.29 is 0 Å². The first-order chi connectivity index (χ1) is 7.25. The Labute approximate surface area is 94.0 Å². The molecular weight excluding hydrogens is 204 g/mol. The minimum absolute atomic E-state index is 0.468. The van der Waals surface area contributed by atoms with Gasteiger partial charge in [-0.05, 0) is 38.1 Å². The van der Waals surface area contributed by atoms with E-state index in [-0.39, 0.29) is 0 Å². The largest absolute Gasteiger partial charge is 0.383 e. The second-order valence-electron chi connectivity index (χ2n) is 3.71. The molecule has 3 heteroatoms. The molecule has 15 heavy (non-hydrogen) atoms. The van der Waals surface area contributed by atoms with Crippen molar-refractivity contribution in [3.05, 3.63) is 35.8 Å². The molecule has 1 N–H and O–H groups in total. The molecule has 2 rings (SSSR count). The normalized spacial score (nSPS) is 10.6. The Kier molecular flexibility index (Phi) is 3.02. The predicted molar refractivity (Wildman–Crippen MR) is 66.3 cm³/mol. The third-order valence-electron chi connectivity index (χ3n) is 2.02. The van der Waals surface area contributed by atoms with E-state index in [1.165, 1.54) is 5.56 Å². The summed E-state index contributed by atoms with van der Waals surface area (Å²) in [6, 6.07) is 8.86. The van der Waals surface area contributed by atoms with Gasteiger partial charge in [-0.25, -0.2) is 4.98 Å². The summed E-state index contributed by atoms with van der Waals surface area (Å²) in [5.74, 6) is 0. The maximum atomic E-state index is 4.28. The fourth-order valence-corrected chi connectivity index (χ4v) is 2.05. The van der Waals surface area contributed by atoms with Crippen molar-refractivity contribution in [1.29, 1.82) is 0 Å². The zero-order valence-electron chi connectivity index (χ0n) is 8.90. The van der Waals surface area contributed by atoms with E-state index in [2.05, 4.69) is 48.4 Å². The number of nitrogens with one attached hydrogen (secondary N) is 1. The van der Waals surface area contributed by atoms with Crippen LogP contribution in [0.15, 0.2) is 35.8 Å². The quantitative estimate of drug-likeness (QED) is 0.851. The summed E-state index contributed by atoms with van der Waals surface area (Å²) in [6.07, 6.45) is 1.83. The van der Waals surface area contributed by atoms with Crippen LogP contribution in [0.4, 0.5) is 5.69 Å². The fourth-order valence-electron chi connectivity index (χ4n) is 1.41. The number of thiazole rings is 1. The summed E-state index contributed by atoms with van der Waals surface area (Å²) in [5, 5.41) is 6.43. The number of benzene rings is 1. The molecule has 2 aromatic rings. The standard InChI is InChI=1S/C12H14N2S/c1-9(2)14-11-5-3-10(4-6-11)12-13-7-8-15-12/h3-9,14H,1-2H3. The lowest BCUT2D eigenvalue weighted by molar-refractivity contribution is 0.900.